The fourth-order valence-corrected chi connectivity index (χ4v) is 2.34. The molecule has 0 saturated carbocycles. The average molecular weight is 235 g/mol. The quantitative estimate of drug-likeness (QED) is 0.774. The van der Waals surface area contributed by atoms with Crippen LogP contribution < -0.4 is 5.32 Å². The van der Waals surface area contributed by atoms with Gasteiger partial charge in [-0.15, -0.1) is 0 Å². The molecule has 1 aliphatic rings. The van der Waals surface area contributed by atoms with E-state index in [4.69, 9.17) is 4.74 Å². The average Bonchev–Trinajstić information content (AvgIpc) is 2.22. The van der Waals surface area contributed by atoms with Crippen LogP contribution in [0.15, 0.2) is 18.2 Å². The molecule has 0 aliphatic carbocycles. The summed E-state index contributed by atoms with van der Waals surface area (Å²) in [6, 6.07) is 6.09. The zero-order valence-electron chi connectivity index (χ0n) is 10.8. The van der Waals surface area contributed by atoms with E-state index in [-0.39, 0.29) is 5.60 Å². The molecule has 1 aliphatic heterocycles. The molecule has 1 heterocycles. The van der Waals surface area contributed by atoms with Crippen molar-refractivity contribution in [2.45, 2.75) is 45.3 Å². The molecule has 0 amide bonds. The van der Waals surface area contributed by atoms with Gasteiger partial charge in [-0.2, -0.15) is 0 Å². The third-order valence-corrected chi connectivity index (χ3v) is 3.26. The van der Waals surface area contributed by atoms with Gasteiger partial charge in [-0.05, 0) is 57.4 Å². The van der Waals surface area contributed by atoms with Crippen LogP contribution in [0.5, 0.6) is 5.75 Å². The standard InChI is InChI=1S/C14H21NO2/c1-10-8-11(4-5-13(10)16)15-12-6-7-17-14(2,3)9-12/h4-5,8,12,15-16H,6-7,9H2,1-3H3. The Balaban J connectivity index is 2.03. The van der Waals surface area contributed by atoms with Crippen molar-refractivity contribution in [3.63, 3.8) is 0 Å². The van der Waals surface area contributed by atoms with Crippen molar-refractivity contribution in [2.24, 2.45) is 0 Å². The molecule has 1 fully saturated rings. The van der Waals surface area contributed by atoms with E-state index >= 15 is 0 Å². The number of aryl methyl sites for hydroxylation is 1. The lowest BCUT2D eigenvalue weighted by molar-refractivity contribution is -0.0553. The van der Waals surface area contributed by atoms with Crippen molar-refractivity contribution in [1.29, 1.82) is 0 Å². The molecular weight excluding hydrogens is 214 g/mol. The first kappa shape index (κ1) is 12.2. The van der Waals surface area contributed by atoms with Crippen molar-refractivity contribution in [2.75, 3.05) is 11.9 Å². The fourth-order valence-electron chi connectivity index (χ4n) is 2.34. The summed E-state index contributed by atoms with van der Waals surface area (Å²) < 4.78 is 5.70. The number of anilines is 1. The number of ether oxygens (including phenoxy) is 1. The summed E-state index contributed by atoms with van der Waals surface area (Å²) in [5.74, 6) is 0.350. The summed E-state index contributed by atoms with van der Waals surface area (Å²) >= 11 is 0. The normalized spacial score (nSPS) is 23.4. The molecule has 2 rings (SSSR count). The van der Waals surface area contributed by atoms with Crippen molar-refractivity contribution in [3.8, 4) is 5.75 Å². The van der Waals surface area contributed by atoms with Crippen LogP contribution in [0.3, 0.4) is 0 Å². The fraction of sp³-hybridized carbons (Fsp3) is 0.571. The Kier molecular flexibility index (Phi) is 3.29. The molecule has 0 spiro atoms. The SMILES string of the molecule is Cc1cc(NC2CCOC(C)(C)C2)ccc1O. The molecule has 1 aromatic rings. The van der Waals surface area contributed by atoms with E-state index in [9.17, 15) is 5.11 Å². The molecule has 17 heavy (non-hydrogen) atoms. The Labute approximate surface area is 103 Å². The lowest BCUT2D eigenvalue weighted by atomic mass is 9.94. The van der Waals surface area contributed by atoms with Crippen molar-refractivity contribution < 1.29 is 9.84 Å². The highest BCUT2D eigenvalue weighted by atomic mass is 16.5. The van der Waals surface area contributed by atoms with E-state index in [1.54, 1.807) is 6.07 Å². The van der Waals surface area contributed by atoms with Crippen molar-refractivity contribution in [1.82, 2.24) is 0 Å². The Morgan fingerprint density at radius 2 is 2.18 bits per heavy atom. The number of phenols is 1. The maximum Gasteiger partial charge on any atom is 0.118 e. The second-order valence-electron chi connectivity index (χ2n) is 5.44. The molecule has 3 heteroatoms. The number of aromatic hydroxyl groups is 1. The number of benzene rings is 1. The van der Waals surface area contributed by atoms with Gasteiger partial charge in [0.15, 0.2) is 0 Å². The summed E-state index contributed by atoms with van der Waals surface area (Å²) in [5.41, 5.74) is 1.94. The number of hydrogen-bond acceptors (Lipinski definition) is 3. The largest absolute Gasteiger partial charge is 0.508 e. The van der Waals surface area contributed by atoms with E-state index in [2.05, 4.69) is 19.2 Å². The van der Waals surface area contributed by atoms with Gasteiger partial charge >= 0.3 is 0 Å². The van der Waals surface area contributed by atoms with Crippen LogP contribution in [0.2, 0.25) is 0 Å². The minimum atomic E-state index is -0.0398. The van der Waals surface area contributed by atoms with Gasteiger partial charge in [0, 0.05) is 18.3 Å². The summed E-state index contributed by atoms with van der Waals surface area (Å²) in [6.45, 7) is 6.97. The monoisotopic (exact) mass is 235 g/mol. The number of nitrogens with one attached hydrogen (secondary N) is 1. The minimum Gasteiger partial charge on any atom is -0.508 e. The first-order valence-electron chi connectivity index (χ1n) is 6.16. The van der Waals surface area contributed by atoms with Crippen LogP contribution in [-0.2, 0) is 4.74 Å². The topological polar surface area (TPSA) is 41.5 Å². The maximum atomic E-state index is 9.48. The summed E-state index contributed by atoms with van der Waals surface area (Å²) in [6.07, 6.45) is 2.04. The Morgan fingerprint density at radius 1 is 1.41 bits per heavy atom. The Bertz CT molecular complexity index is 401. The minimum absolute atomic E-state index is 0.0398. The van der Waals surface area contributed by atoms with Gasteiger partial charge in [0.05, 0.1) is 5.60 Å². The van der Waals surface area contributed by atoms with Gasteiger partial charge in [0.1, 0.15) is 5.75 Å². The predicted molar refractivity (Wildman–Crippen MR) is 69.5 cm³/mol. The van der Waals surface area contributed by atoms with Gasteiger partial charge in [-0.3, -0.25) is 0 Å². The molecule has 3 nitrogen and oxygen atoms in total. The third kappa shape index (κ3) is 3.13. The van der Waals surface area contributed by atoms with Crippen LogP contribution in [0.4, 0.5) is 5.69 Å². The second kappa shape index (κ2) is 4.57. The number of phenolic OH excluding ortho intramolecular Hbond substituents is 1. The number of rotatable bonds is 2. The molecule has 1 unspecified atom stereocenters. The first-order valence-corrected chi connectivity index (χ1v) is 6.16. The molecule has 1 atom stereocenters. The molecule has 0 aromatic heterocycles. The molecule has 2 N–H and O–H groups in total. The summed E-state index contributed by atoms with van der Waals surface area (Å²) in [7, 11) is 0. The highest BCUT2D eigenvalue weighted by Crippen LogP contribution is 2.27. The predicted octanol–water partition coefficient (Wildman–Crippen LogP) is 3.07. The highest BCUT2D eigenvalue weighted by Gasteiger charge is 2.28. The van der Waals surface area contributed by atoms with Crippen LogP contribution in [0.25, 0.3) is 0 Å². The van der Waals surface area contributed by atoms with E-state index in [0.29, 0.717) is 11.8 Å². The van der Waals surface area contributed by atoms with Crippen LogP contribution in [-0.4, -0.2) is 23.4 Å². The van der Waals surface area contributed by atoms with Crippen LogP contribution >= 0.6 is 0 Å². The van der Waals surface area contributed by atoms with E-state index in [1.165, 1.54) is 0 Å². The van der Waals surface area contributed by atoms with Crippen molar-refractivity contribution in [3.05, 3.63) is 23.8 Å². The Morgan fingerprint density at radius 3 is 2.82 bits per heavy atom. The van der Waals surface area contributed by atoms with Crippen molar-refractivity contribution >= 4 is 5.69 Å². The number of hydrogen-bond donors (Lipinski definition) is 2. The van der Waals surface area contributed by atoms with Gasteiger partial charge in [-0.25, -0.2) is 0 Å². The van der Waals surface area contributed by atoms with E-state index < -0.39 is 0 Å². The molecule has 0 radical (unpaired) electrons. The zero-order valence-corrected chi connectivity index (χ0v) is 10.8. The van der Waals surface area contributed by atoms with E-state index in [1.807, 2.05) is 19.1 Å². The molecule has 1 aromatic carbocycles. The lowest BCUT2D eigenvalue weighted by Gasteiger charge is -2.36. The van der Waals surface area contributed by atoms with Crippen LogP contribution in [0, 0.1) is 6.92 Å². The molecular formula is C14H21NO2. The van der Waals surface area contributed by atoms with Gasteiger partial charge in [0.25, 0.3) is 0 Å². The van der Waals surface area contributed by atoms with Gasteiger partial charge in [-0.1, -0.05) is 0 Å². The van der Waals surface area contributed by atoms with Crippen LogP contribution in [0.1, 0.15) is 32.3 Å². The molecule has 0 bridgehead atoms. The lowest BCUT2D eigenvalue weighted by Crippen LogP contribution is -2.40. The van der Waals surface area contributed by atoms with E-state index in [0.717, 1.165) is 30.7 Å². The Hall–Kier alpha value is -1.22. The van der Waals surface area contributed by atoms with Gasteiger partial charge < -0.3 is 15.2 Å². The zero-order chi connectivity index (χ0) is 12.5. The highest BCUT2D eigenvalue weighted by molar-refractivity contribution is 5.50. The smallest absolute Gasteiger partial charge is 0.118 e. The second-order valence-corrected chi connectivity index (χ2v) is 5.44. The summed E-state index contributed by atoms with van der Waals surface area (Å²) in [5, 5.41) is 13.0. The van der Waals surface area contributed by atoms with Gasteiger partial charge in [0.2, 0.25) is 0 Å². The first-order chi connectivity index (χ1) is 7.96. The maximum absolute atomic E-state index is 9.48. The molecule has 94 valence electrons. The third-order valence-electron chi connectivity index (χ3n) is 3.26. The molecule has 1 saturated heterocycles. The summed E-state index contributed by atoms with van der Waals surface area (Å²) in [4.78, 5) is 0.